The lowest BCUT2D eigenvalue weighted by molar-refractivity contribution is -0.118. The Morgan fingerprint density at radius 2 is 2.00 bits per heavy atom. The van der Waals surface area contributed by atoms with Crippen molar-refractivity contribution in [2.75, 3.05) is 18.0 Å². The van der Waals surface area contributed by atoms with Crippen LogP contribution in [0.5, 0.6) is 0 Å². The predicted molar refractivity (Wildman–Crippen MR) is 69.9 cm³/mol. The fourth-order valence-corrected chi connectivity index (χ4v) is 2.17. The Hall–Kier alpha value is -1.65. The van der Waals surface area contributed by atoms with Crippen LogP contribution in [0.1, 0.15) is 33.6 Å². The van der Waals surface area contributed by atoms with E-state index in [0.717, 1.165) is 13.0 Å². The van der Waals surface area contributed by atoms with Gasteiger partial charge in [-0.3, -0.25) is 9.59 Å². The molecule has 1 aliphatic heterocycles. The summed E-state index contributed by atoms with van der Waals surface area (Å²) >= 11 is 0. The fourth-order valence-electron chi connectivity index (χ4n) is 2.17. The molecule has 18 heavy (non-hydrogen) atoms. The van der Waals surface area contributed by atoms with Gasteiger partial charge in [0.05, 0.1) is 6.54 Å². The molecule has 0 saturated carbocycles. The van der Waals surface area contributed by atoms with Crippen molar-refractivity contribution >= 4 is 11.6 Å². The summed E-state index contributed by atoms with van der Waals surface area (Å²) in [5.41, 5.74) is -0.408. The number of hydrogen-bond acceptors (Lipinski definition) is 4. The second-order valence-electron chi connectivity index (χ2n) is 5.66. The number of aromatic nitrogens is 2. The lowest BCUT2D eigenvalue weighted by Gasteiger charge is -2.28. The van der Waals surface area contributed by atoms with E-state index in [1.807, 2.05) is 20.8 Å². The maximum atomic E-state index is 12.4. The van der Waals surface area contributed by atoms with Crippen LogP contribution >= 0.6 is 0 Å². The van der Waals surface area contributed by atoms with Gasteiger partial charge < -0.3 is 9.47 Å². The summed E-state index contributed by atoms with van der Waals surface area (Å²) in [5.74, 6) is 0.564. The van der Waals surface area contributed by atoms with E-state index in [-0.39, 0.29) is 16.9 Å². The first-order valence-electron chi connectivity index (χ1n) is 6.24. The van der Waals surface area contributed by atoms with E-state index in [1.165, 1.54) is 0 Å². The van der Waals surface area contributed by atoms with E-state index in [4.69, 9.17) is 0 Å². The van der Waals surface area contributed by atoms with Gasteiger partial charge in [0, 0.05) is 30.9 Å². The summed E-state index contributed by atoms with van der Waals surface area (Å²) in [4.78, 5) is 29.8. The molecular weight excluding hydrogens is 230 g/mol. The summed E-state index contributed by atoms with van der Waals surface area (Å²) < 4.78 is 1.66. The van der Waals surface area contributed by atoms with Gasteiger partial charge in [0.2, 0.25) is 0 Å². The van der Waals surface area contributed by atoms with Crippen LogP contribution in [0.25, 0.3) is 0 Å². The maximum Gasteiger partial charge on any atom is 0.293 e. The smallest absolute Gasteiger partial charge is 0.293 e. The van der Waals surface area contributed by atoms with Gasteiger partial charge >= 0.3 is 0 Å². The van der Waals surface area contributed by atoms with Crippen molar-refractivity contribution in [1.29, 1.82) is 0 Å². The number of piperidine rings is 1. The molecular formula is C13H19N3O2. The van der Waals surface area contributed by atoms with Gasteiger partial charge in [-0.05, 0) is 27.2 Å². The third kappa shape index (κ3) is 2.44. The van der Waals surface area contributed by atoms with Gasteiger partial charge in [-0.2, -0.15) is 0 Å². The summed E-state index contributed by atoms with van der Waals surface area (Å²) in [7, 11) is 0. The zero-order valence-corrected chi connectivity index (χ0v) is 11.1. The number of nitrogens with zero attached hydrogens (tertiary/aromatic N) is 3. The Balaban J connectivity index is 2.40. The third-order valence-corrected chi connectivity index (χ3v) is 3.10. The molecule has 0 radical (unpaired) electrons. The molecule has 5 nitrogen and oxygen atoms in total. The second-order valence-corrected chi connectivity index (χ2v) is 5.66. The van der Waals surface area contributed by atoms with Crippen LogP contribution in [-0.4, -0.2) is 28.4 Å². The summed E-state index contributed by atoms with van der Waals surface area (Å²) in [6, 6.07) is 0. The lowest BCUT2D eigenvalue weighted by Crippen LogP contribution is -2.43. The Kier molecular flexibility index (Phi) is 3.24. The predicted octanol–water partition coefficient (Wildman–Crippen LogP) is 1.17. The molecule has 1 aromatic heterocycles. The van der Waals surface area contributed by atoms with E-state index < -0.39 is 0 Å². The molecule has 1 fully saturated rings. The fraction of sp³-hybridized carbons (Fsp3) is 0.615. The van der Waals surface area contributed by atoms with Crippen molar-refractivity contribution in [2.24, 2.45) is 0 Å². The molecule has 0 spiro atoms. The molecule has 2 heterocycles. The van der Waals surface area contributed by atoms with Gasteiger partial charge in [-0.25, -0.2) is 4.98 Å². The Labute approximate surface area is 106 Å². The molecule has 1 saturated heterocycles. The lowest BCUT2D eigenvalue weighted by atomic mass is 10.1. The van der Waals surface area contributed by atoms with Crippen molar-refractivity contribution in [2.45, 2.75) is 39.2 Å². The number of ketones is 1. The minimum Gasteiger partial charge on any atom is -0.345 e. The van der Waals surface area contributed by atoms with Crippen molar-refractivity contribution in [3.05, 3.63) is 22.7 Å². The molecule has 0 unspecified atom stereocenters. The van der Waals surface area contributed by atoms with Gasteiger partial charge in [-0.15, -0.1) is 0 Å². The summed E-state index contributed by atoms with van der Waals surface area (Å²) in [6.45, 7) is 6.94. The van der Waals surface area contributed by atoms with E-state index in [1.54, 1.807) is 21.9 Å². The maximum absolute atomic E-state index is 12.4. The molecule has 5 heteroatoms. The van der Waals surface area contributed by atoms with Gasteiger partial charge in [0.25, 0.3) is 5.56 Å². The van der Waals surface area contributed by atoms with Crippen LogP contribution in [0.3, 0.4) is 0 Å². The van der Waals surface area contributed by atoms with Crippen LogP contribution in [0.4, 0.5) is 5.82 Å². The highest BCUT2D eigenvalue weighted by Gasteiger charge is 2.23. The van der Waals surface area contributed by atoms with Crippen LogP contribution in [0.2, 0.25) is 0 Å². The highest BCUT2D eigenvalue weighted by molar-refractivity contribution is 5.84. The van der Waals surface area contributed by atoms with E-state index in [9.17, 15) is 9.59 Å². The quantitative estimate of drug-likeness (QED) is 0.749. The minimum absolute atomic E-state index is 0.125. The Morgan fingerprint density at radius 3 is 2.61 bits per heavy atom. The Bertz CT molecular complexity index is 514. The number of carbonyl (C=O) groups is 1. The van der Waals surface area contributed by atoms with Crippen LogP contribution in [0.15, 0.2) is 17.2 Å². The molecule has 0 aliphatic carbocycles. The first-order chi connectivity index (χ1) is 8.39. The Morgan fingerprint density at radius 1 is 1.28 bits per heavy atom. The summed E-state index contributed by atoms with van der Waals surface area (Å²) in [5, 5.41) is 0. The molecule has 2 rings (SSSR count). The zero-order valence-electron chi connectivity index (χ0n) is 11.1. The zero-order chi connectivity index (χ0) is 13.3. The van der Waals surface area contributed by atoms with Crippen LogP contribution < -0.4 is 10.5 Å². The van der Waals surface area contributed by atoms with Crippen molar-refractivity contribution in [3.8, 4) is 0 Å². The molecule has 0 bridgehead atoms. The number of Topliss-reactive ketones (excluding diaryl/α,β-unsaturated/α-hetero) is 1. The number of rotatable bonds is 1. The second kappa shape index (κ2) is 4.55. The SMILES string of the molecule is CC(C)(C)n1ccnc(N2CCCC(=O)C2)c1=O. The van der Waals surface area contributed by atoms with Crippen LogP contribution in [0, 0.1) is 0 Å². The number of carbonyl (C=O) groups excluding carboxylic acids is 1. The number of hydrogen-bond donors (Lipinski definition) is 0. The molecule has 0 amide bonds. The topological polar surface area (TPSA) is 55.2 Å². The number of anilines is 1. The molecule has 0 atom stereocenters. The van der Waals surface area contributed by atoms with Gasteiger partial charge in [0.1, 0.15) is 0 Å². The normalized spacial score (nSPS) is 17.1. The molecule has 0 N–H and O–H groups in total. The average Bonchev–Trinajstić information content (AvgIpc) is 2.27. The monoisotopic (exact) mass is 249 g/mol. The van der Waals surface area contributed by atoms with Crippen molar-refractivity contribution in [3.63, 3.8) is 0 Å². The van der Waals surface area contributed by atoms with Gasteiger partial charge in [-0.1, -0.05) is 0 Å². The first kappa shape index (κ1) is 12.8. The van der Waals surface area contributed by atoms with E-state index in [0.29, 0.717) is 18.8 Å². The van der Waals surface area contributed by atoms with E-state index >= 15 is 0 Å². The van der Waals surface area contributed by atoms with Gasteiger partial charge in [0.15, 0.2) is 11.6 Å². The summed E-state index contributed by atoms with van der Waals surface area (Å²) in [6.07, 6.45) is 4.72. The molecule has 1 aliphatic rings. The van der Waals surface area contributed by atoms with Crippen molar-refractivity contribution < 1.29 is 4.79 Å². The van der Waals surface area contributed by atoms with E-state index in [2.05, 4.69) is 4.98 Å². The molecule has 98 valence electrons. The minimum atomic E-state index is -0.283. The first-order valence-corrected chi connectivity index (χ1v) is 6.24. The largest absolute Gasteiger partial charge is 0.345 e. The third-order valence-electron chi connectivity index (χ3n) is 3.10. The molecule has 1 aromatic rings. The highest BCUT2D eigenvalue weighted by Crippen LogP contribution is 2.15. The van der Waals surface area contributed by atoms with Crippen molar-refractivity contribution in [1.82, 2.24) is 9.55 Å². The van der Waals surface area contributed by atoms with Crippen LogP contribution in [-0.2, 0) is 10.3 Å². The standard InChI is InChI=1S/C13H19N3O2/c1-13(2,3)16-8-6-14-11(12(16)18)15-7-4-5-10(17)9-15/h6,8H,4-5,7,9H2,1-3H3. The molecule has 0 aromatic carbocycles. The average molecular weight is 249 g/mol. The highest BCUT2D eigenvalue weighted by atomic mass is 16.1.